The van der Waals surface area contributed by atoms with Crippen molar-refractivity contribution in [3.63, 3.8) is 0 Å². The molecule has 1 saturated carbocycles. The number of fused-ring (bicyclic) bond motifs is 1. The average molecular weight is 498 g/mol. The molecule has 34 heavy (non-hydrogen) atoms. The van der Waals surface area contributed by atoms with Crippen molar-refractivity contribution in [2.75, 3.05) is 32.1 Å². The monoisotopic (exact) mass is 497 g/mol. The molecule has 2 amide bonds. The maximum atomic E-state index is 13.4. The Morgan fingerprint density at radius 3 is 2.41 bits per heavy atom. The van der Waals surface area contributed by atoms with Crippen LogP contribution < -0.4 is 4.90 Å². The van der Waals surface area contributed by atoms with E-state index in [0.29, 0.717) is 18.8 Å². The van der Waals surface area contributed by atoms with Gasteiger partial charge in [0.05, 0.1) is 23.6 Å². The van der Waals surface area contributed by atoms with Crippen molar-refractivity contribution in [3.8, 4) is 0 Å². The number of carbonyl (C=O) groups excluding carboxylic acids is 2. The molecule has 0 N–H and O–H groups in total. The second kappa shape index (κ2) is 9.22. The summed E-state index contributed by atoms with van der Waals surface area (Å²) in [7, 11) is 3.46. The first-order chi connectivity index (χ1) is 15.9. The highest BCUT2D eigenvalue weighted by Gasteiger charge is 2.44. The van der Waals surface area contributed by atoms with Crippen molar-refractivity contribution in [1.82, 2.24) is 19.6 Å². The summed E-state index contributed by atoms with van der Waals surface area (Å²) >= 11 is 5.97. The maximum Gasteiger partial charge on any atom is 0.416 e. The molecule has 11 heteroatoms. The van der Waals surface area contributed by atoms with Crippen molar-refractivity contribution >= 4 is 29.2 Å². The lowest BCUT2D eigenvalue weighted by molar-refractivity contribution is -0.138. The van der Waals surface area contributed by atoms with Gasteiger partial charge in [-0.3, -0.25) is 9.69 Å². The van der Waals surface area contributed by atoms with Gasteiger partial charge in [0.1, 0.15) is 0 Å². The third-order valence-electron chi connectivity index (χ3n) is 7.04. The summed E-state index contributed by atoms with van der Waals surface area (Å²) < 4.78 is 41.5. The minimum Gasteiger partial charge on any atom is -0.322 e. The van der Waals surface area contributed by atoms with Gasteiger partial charge in [0.2, 0.25) is 5.91 Å². The first-order valence-corrected chi connectivity index (χ1v) is 11.5. The van der Waals surface area contributed by atoms with Crippen LogP contribution in [0.25, 0.3) is 0 Å². The van der Waals surface area contributed by atoms with Crippen LogP contribution in [0.4, 0.5) is 23.7 Å². The fraction of sp³-hybridized carbons (Fsp3) is 0.522. The predicted octanol–water partition coefficient (Wildman–Crippen LogP) is 4.35. The Morgan fingerprint density at radius 2 is 1.82 bits per heavy atom. The zero-order chi connectivity index (χ0) is 24.8. The second-order valence-electron chi connectivity index (χ2n) is 9.27. The molecule has 4 rings (SSSR count). The molecule has 2 heterocycles. The van der Waals surface area contributed by atoms with E-state index in [9.17, 15) is 22.8 Å². The van der Waals surface area contributed by atoms with E-state index in [2.05, 4.69) is 5.10 Å². The van der Waals surface area contributed by atoms with Crippen LogP contribution in [-0.4, -0.2) is 64.7 Å². The fourth-order valence-electron chi connectivity index (χ4n) is 5.07. The summed E-state index contributed by atoms with van der Waals surface area (Å²) in [5.74, 6) is 0.415. The Balaban J connectivity index is 1.37. The topological polar surface area (TPSA) is 61.7 Å². The number of rotatable bonds is 4. The first-order valence-electron chi connectivity index (χ1n) is 11.1. The van der Waals surface area contributed by atoms with Gasteiger partial charge in [-0.05, 0) is 55.5 Å². The Hall–Kier alpha value is -2.59. The van der Waals surface area contributed by atoms with E-state index in [4.69, 9.17) is 11.6 Å². The molecule has 184 valence electrons. The van der Waals surface area contributed by atoms with Crippen molar-refractivity contribution in [2.24, 2.45) is 11.8 Å². The van der Waals surface area contributed by atoms with Gasteiger partial charge in [-0.2, -0.15) is 23.0 Å². The number of likely N-dealkylation sites (tertiary alicyclic amines) is 1. The van der Waals surface area contributed by atoms with Crippen LogP contribution in [0.1, 0.15) is 30.9 Å². The number of amides is 2. The molecule has 0 bridgehead atoms. The minimum absolute atomic E-state index is 0.132. The van der Waals surface area contributed by atoms with Crippen LogP contribution in [0.2, 0.25) is 5.02 Å². The van der Waals surface area contributed by atoms with Gasteiger partial charge in [-0.25, -0.2) is 4.79 Å². The molecule has 2 aliphatic rings. The van der Waals surface area contributed by atoms with E-state index in [1.165, 1.54) is 41.0 Å². The number of anilines is 1. The van der Waals surface area contributed by atoms with E-state index in [1.54, 1.807) is 11.9 Å². The van der Waals surface area contributed by atoms with Crippen LogP contribution >= 0.6 is 11.6 Å². The molecule has 2 fully saturated rings. The van der Waals surface area contributed by atoms with Gasteiger partial charge in [0.15, 0.2) is 0 Å². The third-order valence-corrected chi connectivity index (χ3v) is 7.27. The molecule has 7 nitrogen and oxygen atoms in total. The van der Waals surface area contributed by atoms with Gasteiger partial charge in [0.25, 0.3) is 0 Å². The number of carbonyl (C=O) groups is 2. The number of hydrogen-bond acceptors (Lipinski definition) is 4. The Morgan fingerprint density at radius 1 is 1.18 bits per heavy atom. The molecule has 1 aliphatic carbocycles. The lowest BCUT2D eigenvalue weighted by Gasteiger charge is -2.27. The molecule has 2 aromatic rings. The van der Waals surface area contributed by atoms with Crippen LogP contribution in [0.3, 0.4) is 0 Å². The molecule has 0 spiro atoms. The SMILES string of the molecule is CC(=O)N(C)c1cnn(C(=O)N2C[C@H]3CC(N(C)Cc4cc(Cl)ccc4C(F)(F)F)C[C@H]3C2)c1. The summed E-state index contributed by atoms with van der Waals surface area (Å²) in [5, 5.41) is 4.39. The Labute approximate surface area is 201 Å². The summed E-state index contributed by atoms with van der Waals surface area (Å²) in [5.41, 5.74) is 0.0512. The summed E-state index contributed by atoms with van der Waals surface area (Å²) in [4.78, 5) is 29.6. The van der Waals surface area contributed by atoms with Crippen LogP contribution in [0.15, 0.2) is 30.6 Å². The van der Waals surface area contributed by atoms with Crippen molar-refractivity contribution in [3.05, 3.63) is 46.7 Å². The molecule has 1 aromatic carbocycles. The van der Waals surface area contributed by atoms with E-state index in [1.807, 2.05) is 11.9 Å². The zero-order valence-electron chi connectivity index (χ0n) is 19.2. The number of alkyl halides is 3. The maximum absolute atomic E-state index is 13.4. The van der Waals surface area contributed by atoms with Crippen LogP contribution in [0.5, 0.6) is 0 Å². The highest BCUT2D eigenvalue weighted by Crippen LogP contribution is 2.41. The number of hydrogen-bond donors (Lipinski definition) is 0. The summed E-state index contributed by atoms with van der Waals surface area (Å²) in [6.07, 6.45) is 0.206. The summed E-state index contributed by atoms with van der Waals surface area (Å²) in [6, 6.07) is 3.58. The molecule has 1 aliphatic heterocycles. The van der Waals surface area contributed by atoms with Crippen LogP contribution in [-0.2, 0) is 17.5 Å². The average Bonchev–Trinajstić information content (AvgIpc) is 3.46. The van der Waals surface area contributed by atoms with E-state index < -0.39 is 11.7 Å². The lowest BCUT2D eigenvalue weighted by Crippen LogP contribution is -2.36. The molecule has 0 radical (unpaired) electrons. The minimum atomic E-state index is -4.43. The van der Waals surface area contributed by atoms with E-state index in [0.717, 1.165) is 18.9 Å². The van der Waals surface area contributed by atoms with Gasteiger partial charge in [0, 0.05) is 44.7 Å². The summed E-state index contributed by atoms with van der Waals surface area (Å²) in [6.45, 7) is 2.75. The van der Waals surface area contributed by atoms with Crippen molar-refractivity contribution in [1.29, 1.82) is 0 Å². The lowest BCUT2D eigenvalue weighted by atomic mass is 10.0. The van der Waals surface area contributed by atoms with Crippen molar-refractivity contribution < 1.29 is 22.8 Å². The second-order valence-corrected chi connectivity index (χ2v) is 9.70. The highest BCUT2D eigenvalue weighted by molar-refractivity contribution is 6.30. The molecule has 1 saturated heterocycles. The van der Waals surface area contributed by atoms with E-state index >= 15 is 0 Å². The first kappa shape index (κ1) is 24.5. The Bertz CT molecular complexity index is 1070. The van der Waals surface area contributed by atoms with Gasteiger partial charge >= 0.3 is 12.2 Å². The molecule has 1 aromatic heterocycles. The number of halogens is 4. The largest absolute Gasteiger partial charge is 0.416 e. The van der Waals surface area contributed by atoms with E-state index in [-0.39, 0.29) is 46.9 Å². The number of benzene rings is 1. The van der Waals surface area contributed by atoms with Gasteiger partial charge in [-0.15, -0.1) is 0 Å². The molecule has 1 unspecified atom stereocenters. The zero-order valence-corrected chi connectivity index (χ0v) is 20.0. The van der Waals surface area contributed by atoms with Crippen LogP contribution in [0, 0.1) is 11.8 Å². The molecular weight excluding hydrogens is 471 g/mol. The number of aromatic nitrogens is 2. The van der Waals surface area contributed by atoms with Gasteiger partial charge in [-0.1, -0.05) is 11.6 Å². The van der Waals surface area contributed by atoms with Crippen molar-refractivity contribution in [2.45, 2.75) is 38.5 Å². The molecular formula is C23H27ClF3N5O2. The normalized spacial score (nSPS) is 22.4. The predicted molar refractivity (Wildman–Crippen MR) is 122 cm³/mol. The Kier molecular flexibility index (Phi) is 6.65. The van der Waals surface area contributed by atoms with Gasteiger partial charge < -0.3 is 9.80 Å². The molecule has 3 atom stereocenters. The smallest absolute Gasteiger partial charge is 0.322 e. The highest BCUT2D eigenvalue weighted by atomic mass is 35.5. The fourth-order valence-corrected chi connectivity index (χ4v) is 5.26. The number of nitrogens with zero attached hydrogens (tertiary/aromatic N) is 5. The standard InChI is InChI=1S/C23H27ClF3N5O2/c1-14(33)30(3)20-9-28-32(13-20)22(34)31-11-15-7-19(8-16(15)12-31)29(2)10-17-6-18(24)4-5-21(17)23(25,26)27/h4-6,9,13,15-16,19H,7-8,10-12H2,1-3H3/t15-,16+,19?. The third kappa shape index (κ3) is 4.93. The quantitative estimate of drug-likeness (QED) is 0.630.